The zero-order valence-electron chi connectivity index (χ0n) is 15.0. The normalized spacial score (nSPS) is 11.0. The Morgan fingerprint density at radius 3 is 2.21 bits per heavy atom. The molecule has 3 aromatic carbocycles. The zero-order valence-corrected chi connectivity index (χ0v) is 18.2. The first-order valence-electron chi connectivity index (χ1n) is 8.47. The van der Waals surface area contributed by atoms with E-state index in [1.807, 2.05) is 43.3 Å². The predicted molar refractivity (Wildman–Crippen MR) is 118 cm³/mol. The number of hydrogen-bond donors (Lipinski definition) is 1. The van der Waals surface area contributed by atoms with Crippen LogP contribution in [-0.4, -0.2) is 17.3 Å². The lowest BCUT2D eigenvalue weighted by Gasteiger charge is -2.11. The molecule has 0 amide bonds. The molecule has 0 aliphatic carbocycles. The molecule has 0 atom stereocenters. The highest BCUT2D eigenvalue weighted by Crippen LogP contribution is 2.35. The van der Waals surface area contributed by atoms with E-state index in [9.17, 15) is 4.79 Å². The Morgan fingerprint density at radius 2 is 1.64 bits per heavy atom. The lowest BCUT2D eigenvalue weighted by Crippen LogP contribution is -2.00. The van der Waals surface area contributed by atoms with Gasteiger partial charge in [-0.1, -0.05) is 29.8 Å². The fourth-order valence-electron chi connectivity index (χ4n) is 2.47. The number of benzene rings is 3. The van der Waals surface area contributed by atoms with Gasteiger partial charge in [-0.05, 0) is 86.3 Å². The Morgan fingerprint density at radius 1 is 1.04 bits per heavy atom. The van der Waals surface area contributed by atoms with Crippen molar-refractivity contribution in [3.63, 3.8) is 0 Å². The molecule has 0 spiro atoms. The van der Waals surface area contributed by atoms with Gasteiger partial charge in [0.2, 0.25) is 0 Å². The number of aliphatic imine (C=N–C) groups is 1. The molecule has 6 heteroatoms. The molecule has 0 aliphatic heterocycles. The molecule has 4 nitrogen and oxygen atoms in total. The highest BCUT2D eigenvalue weighted by atomic mass is 79.9. The van der Waals surface area contributed by atoms with Crippen LogP contribution in [0.2, 0.25) is 0 Å². The summed E-state index contributed by atoms with van der Waals surface area (Å²) in [5, 5.41) is 8.96. The van der Waals surface area contributed by atoms with Gasteiger partial charge in [0.15, 0.2) is 0 Å². The van der Waals surface area contributed by atoms with Crippen molar-refractivity contribution < 1.29 is 14.6 Å². The third-order valence-electron chi connectivity index (χ3n) is 4.00. The molecule has 0 bridgehead atoms. The van der Waals surface area contributed by atoms with Gasteiger partial charge in [-0.15, -0.1) is 0 Å². The molecule has 0 fully saturated rings. The van der Waals surface area contributed by atoms with Crippen molar-refractivity contribution in [3.8, 4) is 5.75 Å². The number of carboxylic acids is 1. The molecule has 0 aromatic heterocycles. The van der Waals surface area contributed by atoms with Crippen LogP contribution >= 0.6 is 31.9 Å². The quantitative estimate of drug-likeness (QED) is 0.389. The molecule has 0 saturated carbocycles. The summed E-state index contributed by atoms with van der Waals surface area (Å²) < 4.78 is 7.50. The van der Waals surface area contributed by atoms with E-state index >= 15 is 0 Å². The van der Waals surface area contributed by atoms with Crippen LogP contribution < -0.4 is 4.74 Å². The second-order valence-electron chi connectivity index (χ2n) is 6.20. The lowest BCUT2D eigenvalue weighted by atomic mass is 10.1. The van der Waals surface area contributed by atoms with E-state index in [1.54, 1.807) is 30.5 Å². The van der Waals surface area contributed by atoms with E-state index in [2.05, 4.69) is 36.9 Å². The Kier molecular flexibility index (Phi) is 6.65. The first kappa shape index (κ1) is 20.3. The summed E-state index contributed by atoms with van der Waals surface area (Å²) in [5.41, 5.74) is 4.15. The van der Waals surface area contributed by atoms with Crippen LogP contribution in [0.4, 0.5) is 5.69 Å². The van der Waals surface area contributed by atoms with Crippen molar-refractivity contribution in [1.82, 2.24) is 0 Å². The van der Waals surface area contributed by atoms with Crippen molar-refractivity contribution >= 4 is 49.7 Å². The van der Waals surface area contributed by atoms with Crippen LogP contribution in [0.15, 0.2) is 74.6 Å². The van der Waals surface area contributed by atoms with Gasteiger partial charge in [-0.2, -0.15) is 0 Å². The lowest BCUT2D eigenvalue weighted by molar-refractivity contribution is 0.0697. The van der Waals surface area contributed by atoms with Gasteiger partial charge in [-0.3, -0.25) is 4.99 Å². The van der Waals surface area contributed by atoms with Crippen LogP contribution in [0.3, 0.4) is 0 Å². The van der Waals surface area contributed by atoms with E-state index < -0.39 is 5.97 Å². The van der Waals surface area contributed by atoms with Gasteiger partial charge >= 0.3 is 5.97 Å². The van der Waals surface area contributed by atoms with Crippen molar-refractivity contribution in [1.29, 1.82) is 0 Å². The van der Waals surface area contributed by atoms with E-state index in [4.69, 9.17) is 9.84 Å². The SMILES string of the molecule is Cc1ccc(N=Cc2cc(Br)c(OCc3ccc(C(=O)O)cc3)c(Br)c2)cc1. The Labute approximate surface area is 180 Å². The molecular formula is C22H17Br2NO3. The maximum Gasteiger partial charge on any atom is 0.335 e. The van der Waals surface area contributed by atoms with Gasteiger partial charge in [0, 0.05) is 6.21 Å². The molecular weight excluding hydrogens is 486 g/mol. The minimum Gasteiger partial charge on any atom is -0.487 e. The highest BCUT2D eigenvalue weighted by molar-refractivity contribution is 9.11. The number of ether oxygens (including phenoxy) is 1. The summed E-state index contributed by atoms with van der Waals surface area (Å²) in [6, 6.07) is 18.5. The third kappa shape index (κ3) is 5.30. The second kappa shape index (κ2) is 9.17. The Bertz CT molecular complexity index is 990. The van der Waals surface area contributed by atoms with E-state index in [-0.39, 0.29) is 5.56 Å². The summed E-state index contributed by atoms with van der Waals surface area (Å²) in [7, 11) is 0. The molecule has 142 valence electrons. The van der Waals surface area contributed by atoms with E-state index in [0.29, 0.717) is 12.4 Å². The average Bonchev–Trinajstić information content (AvgIpc) is 2.67. The molecule has 3 aromatic rings. The molecule has 28 heavy (non-hydrogen) atoms. The third-order valence-corrected chi connectivity index (χ3v) is 5.18. The monoisotopic (exact) mass is 501 g/mol. The first-order valence-corrected chi connectivity index (χ1v) is 10.1. The van der Waals surface area contributed by atoms with Crippen LogP contribution in [0.25, 0.3) is 0 Å². The standard InChI is InChI=1S/C22H17Br2NO3/c1-14-2-8-18(9-3-14)25-12-16-10-19(23)21(20(24)11-16)28-13-15-4-6-17(7-5-15)22(26)27/h2-12H,13H2,1H3,(H,26,27). The number of nitrogens with zero attached hydrogens (tertiary/aromatic N) is 1. The number of hydrogen-bond acceptors (Lipinski definition) is 3. The molecule has 0 aliphatic rings. The number of rotatable bonds is 6. The average molecular weight is 503 g/mol. The van der Waals surface area contributed by atoms with E-state index in [0.717, 1.165) is 25.8 Å². The van der Waals surface area contributed by atoms with Crippen LogP contribution in [0.1, 0.15) is 27.0 Å². The summed E-state index contributed by atoms with van der Waals surface area (Å²) >= 11 is 7.09. The fourth-order valence-corrected chi connectivity index (χ4v) is 3.92. The second-order valence-corrected chi connectivity index (χ2v) is 7.91. The van der Waals surface area contributed by atoms with Crippen molar-refractivity contribution in [2.24, 2.45) is 4.99 Å². The van der Waals surface area contributed by atoms with Crippen LogP contribution in [0, 0.1) is 6.92 Å². The summed E-state index contributed by atoms with van der Waals surface area (Å²) in [6.45, 7) is 2.37. The molecule has 1 N–H and O–H groups in total. The number of aryl methyl sites for hydroxylation is 1. The number of carbonyl (C=O) groups is 1. The molecule has 0 heterocycles. The molecule has 3 rings (SSSR count). The first-order chi connectivity index (χ1) is 13.4. The van der Waals surface area contributed by atoms with Gasteiger partial charge in [0.05, 0.1) is 20.2 Å². The summed E-state index contributed by atoms with van der Waals surface area (Å²) in [5.74, 6) is -0.268. The highest BCUT2D eigenvalue weighted by Gasteiger charge is 2.09. The van der Waals surface area contributed by atoms with Gasteiger partial charge < -0.3 is 9.84 Å². The molecule has 0 radical (unpaired) electrons. The molecule has 0 unspecified atom stereocenters. The molecule has 0 saturated heterocycles. The Hall–Kier alpha value is -2.44. The zero-order chi connectivity index (χ0) is 20.1. The van der Waals surface area contributed by atoms with Crippen LogP contribution in [-0.2, 0) is 6.61 Å². The van der Waals surface area contributed by atoms with Gasteiger partial charge in [-0.25, -0.2) is 4.79 Å². The topological polar surface area (TPSA) is 58.9 Å². The summed E-state index contributed by atoms with van der Waals surface area (Å²) in [6.07, 6.45) is 1.80. The fraction of sp³-hybridized carbons (Fsp3) is 0.0909. The number of halogens is 2. The smallest absolute Gasteiger partial charge is 0.335 e. The van der Waals surface area contributed by atoms with Crippen molar-refractivity contribution in [3.05, 3.63) is 91.9 Å². The van der Waals surface area contributed by atoms with Crippen molar-refractivity contribution in [2.75, 3.05) is 0 Å². The summed E-state index contributed by atoms with van der Waals surface area (Å²) in [4.78, 5) is 15.4. The maximum absolute atomic E-state index is 10.9. The van der Waals surface area contributed by atoms with E-state index in [1.165, 1.54) is 5.56 Å². The number of carboxylic acid groups (broad SMARTS) is 1. The van der Waals surface area contributed by atoms with Crippen molar-refractivity contribution in [2.45, 2.75) is 13.5 Å². The van der Waals surface area contributed by atoms with Gasteiger partial charge in [0.1, 0.15) is 12.4 Å². The Balaban J connectivity index is 1.71. The van der Waals surface area contributed by atoms with Crippen LogP contribution in [0.5, 0.6) is 5.75 Å². The maximum atomic E-state index is 10.9. The van der Waals surface area contributed by atoms with Gasteiger partial charge in [0.25, 0.3) is 0 Å². The minimum atomic E-state index is -0.944. The minimum absolute atomic E-state index is 0.253. The number of aromatic carboxylic acids is 1. The largest absolute Gasteiger partial charge is 0.487 e. The predicted octanol–water partition coefficient (Wildman–Crippen LogP) is 6.55.